The summed E-state index contributed by atoms with van der Waals surface area (Å²) in [5, 5.41) is 0. The molecule has 0 spiro atoms. The van der Waals surface area contributed by atoms with E-state index in [-0.39, 0.29) is 5.92 Å². The van der Waals surface area contributed by atoms with Gasteiger partial charge in [0.05, 0.1) is 12.9 Å². The average Bonchev–Trinajstić information content (AvgIpc) is 1.97. The summed E-state index contributed by atoms with van der Waals surface area (Å²) in [5.41, 5.74) is -1.13. The van der Waals surface area contributed by atoms with Crippen LogP contribution in [0.4, 0.5) is 0 Å². The Morgan fingerprint density at radius 3 is 2.20 bits per heavy atom. The highest BCUT2D eigenvalue weighted by atomic mass is 32.2. The maximum absolute atomic E-state index is 11.5. The summed E-state index contributed by atoms with van der Waals surface area (Å²) in [6.07, 6.45) is 0.934. The van der Waals surface area contributed by atoms with Crippen molar-refractivity contribution in [3.8, 4) is 0 Å². The van der Waals surface area contributed by atoms with E-state index in [2.05, 4.69) is 0 Å². The van der Waals surface area contributed by atoms with Crippen molar-refractivity contribution in [3.05, 3.63) is 0 Å². The number of rotatable bonds is 5. The molecule has 0 fully saturated rings. The fourth-order valence-electron chi connectivity index (χ4n) is 0.732. The van der Waals surface area contributed by atoms with Crippen molar-refractivity contribution in [2.24, 2.45) is 5.92 Å². The fraction of sp³-hybridized carbons (Fsp3) is 0.889. The Kier molecular flexibility index (Phi) is 4.73. The van der Waals surface area contributed by atoms with Gasteiger partial charge >= 0.3 is 0 Å². The molecule has 0 heterocycles. The minimum Gasteiger partial charge on any atom is -0.365 e. The fourth-order valence-corrected chi connectivity index (χ4v) is 1.31. The topological polar surface area (TPSA) is 72.5 Å². The molecule has 0 unspecified atom stereocenters. The van der Waals surface area contributed by atoms with Gasteiger partial charge in [0, 0.05) is 0 Å². The Labute approximate surface area is 91.2 Å². The standard InChI is InChI=1S/C9H19NO4S/c1-7(2)6-14-9(3,4)8(11)10-15(5,12)13/h7H,6H2,1-5H3,(H,10,11). The van der Waals surface area contributed by atoms with Gasteiger partial charge in [0.2, 0.25) is 10.0 Å². The number of hydrogen-bond donors (Lipinski definition) is 1. The van der Waals surface area contributed by atoms with Crippen molar-refractivity contribution in [2.75, 3.05) is 12.9 Å². The predicted molar refractivity (Wildman–Crippen MR) is 57.9 cm³/mol. The van der Waals surface area contributed by atoms with Crippen LogP contribution in [0.15, 0.2) is 0 Å². The maximum atomic E-state index is 11.5. The van der Waals surface area contributed by atoms with E-state index in [1.54, 1.807) is 0 Å². The zero-order chi connectivity index (χ0) is 12.3. The molecule has 0 aromatic carbocycles. The molecule has 0 aromatic heterocycles. The van der Waals surface area contributed by atoms with Gasteiger partial charge in [0.25, 0.3) is 5.91 Å². The van der Waals surface area contributed by atoms with Crippen LogP contribution in [0.5, 0.6) is 0 Å². The number of carbonyl (C=O) groups excluding carboxylic acids is 1. The van der Waals surface area contributed by atoms with E-state index >= 15 is 0 Å². The van der Waals surface area contributed by atoms with Gasteiger partial charge in [0.1, 0.15) is 5.60 Å². The van der Waals surface area contributed by atoms with Crippen LogP contribution in [-0.2, 0) is 19.6 Å². The second-order valence-electron chi connectivity index (χ2n) is 4.42. The van der Waals surface area contributed by atoms with Crippen molar-refractivity contribution >= 4 is 15.9 Å². The van der Waals surface area contributed by atoms with Crippen molar-refractivity contribution in [1.82, 2.24) is 4.72 Å². The number of amides is 1. The molecular formula is C9H19NO4S. The van der Waals surface area contributed by atoms with Crippen LogP contribution in [0.25, 0.3) is 0 Å². The molecule has 0 aliphatic heterocycles. The van der Waals surface area contributed by atoms with Crippen LogP contribution >= 0.6 is 0 Å². The Morgan fingerprint density at radius 2 is 1.87 bits per heavy atom. The maximum Gasteiger partial charge on any atom is 0.265 e. The quantitative estimate of drug-likeness (QED) is 0.756. The van der Waals surface area contributed by atoms with Gasteiger partial charge in [-0.3, -0.25) is 9.52 Å². The molecule has 90 valence electrons. The molecule has 0 aliphatic rings. The molecule has 1 N–H and O–H groups in total. The Hall–Kier alpha value is -0.620. The van der Waals surface area contributed by atoms with Crippen LogP contribution in [0.3, 0.4) is 0 Å². The van der Waals surface area contributed by atoms with Gasteiger partial charge in [0.15, 0.2) is 0 Å². The zero-order valence-corrected chi connectivity index (χ0v) is 10.6. The lowest BCUT2D eigenvalue weighted by atomic mass is 10.1. The largest absolute Gasteiger partial charge is 0.365 e. The summed E-state index contributed by atoms with van der Waals surface area (Å²) < 4.78 is 28.9. The molecule has 6 heteroatoms. The first-order chi connectivity index (χ1) is 6.54. The number of sulfonamides is 1. The highest BCUT2D eigenvalue weighted by molar-refractivity contribution is 7.89. The van der Waals surface area contributed by atoms with Crippen molar-refractivity contribution in [1.29, 1.82) is 0 Å². The van der Waals surface area contributed by atoms with E-state index in [4.69, 9.17) is 4.74 Å². The Balaban J connectivity index is 4.39. The molecule has 5 nitrogen and oxygen atoms in total. The first-order valence-corrected chi connectivity index (χ1v) is 6.60. The second-order valence-corrected chi connectivity index (χ2v) is 6.17. The summed E-state index contributed by atoms with van der Waals surface area (Å²) in [6, 6.07) is 0. The first-order valence-electron chi connectivity index (χ1n) is 4.71. The molecule has 0 radical (unpaired) electrons. The smallest absolute Gasteiger partial charge is 0.265 e. The van der Waals surface area contributed by atoms with E-state index in [1.807, 2.05) is 18.6 Å². The van der Waals surface area contributed by atoms with Crippen LogP contribution in [0.2, 0.25) is 0 Å². The van der Waals surface area contributed by atoms with Gasteiger partial charge < -0.3 is 4.74 Å². The molecule has 0 atom stereocenters. The van der Waals surface area contributed by atoms with Crippen molar-refractivity contribution in [3.63, 3.8) is 0 Å². The first kappa shape index (κ1) is 14.4. The molecule has 0 saturated carbocycles. The highest BCUT2D eigenvalue weighted by Crippen LogP contribution is 2.11. The van der Waals surface area contributed by atoms with E-state index in [1.165, 1.54) is 13.8 Å². The summed E-state index contributed by atoms with van der Waals surface area (Å²) in [4.78, 5) is 11.5. The molecule has 1 amide bonds. The van der Waals surface area contributed by atoms with Gasteiger partial charge in [-0.25, -0.2) is 8.42 Å². The van der Waals surface area contributed by atoms with Crippen LogP contribution < -0.4 is 4.72 Å². The van der Waals surface area contributed by atoms with Crippen molar-refractivity contribution < 1.29 is 17.9 Å². The lowest BCUT2D eigenvalue weighted by molar-refractivity contribution is -0.141. The summed E-state index contributed by atoms with van der Waals surface area (Å²) in [7, 11) is -3.52. The zero-order valence-electron chi connectivity index (χ0n) is 9.83. The van der Waals surface area contributed by atoms with E-state index in [9.17, 15) is 13.2 Å². The van der Waals surface area contributed by atoms with Gasteiger partial charge in [-0.05, 0) is 19.8 Å². The third-order valence-electron chi connectivity index (χ3n) is 1.60. The minimum atomic E-state index is -3.52. The monoisotopic (exact) mass is 237 g/mol. The van der Waals surface area contributed by atoms with E-state index < -0.39 is 21.5 Å². The molecule has 15 heavy (non-hydrogen) atoms. The van der Waals surface area contributed by atoms with E-state index in [0.29, 0.717) is 6.61 Å². The van der Waals surface area contributed by atoms with Crippen LogP contribution in [0, 0.1) is 5.92 Å². The number of nitrogens with one attached hydrogen (secondary N) is 1. The van der Waals surface area contributed by atoms with Gasteiger partial charge in [-0.1, -0.05) is 13.8 Å². The summed E-state index contributed by atoms with van der Waals surface area (Å²) in [5.74, 6) is -0.360. The Bertz CT molecular complexity index is 319. The molecule has 0 saturated heterocycles. The summed E-state index contributed by atoms with van der Waals surface area (Å²) in [6.45, 7) is 7.38. The van der Waals surface area contributed by atoms with Crippen LogP contribution in [-0.4, -0.2) is 32.8 Å². The van der Waals surface area contributed by atoms with Crippen LogP contribution in [0.1, 0.15) is 27.7 Å². The highest BCUT2D eigenvalue weighted by Gasteiger charge is 2.30. The third kappa shape index (κ3) is 6.46. The predicted octanol–water partition coefficient (Wildman–Crippen LogP) is 0.513. The number of hydrogen-bond acceptors (Lipinski definition) is 4. The SMILES string of the molecule is CC(C)COC(C)(C)C(=O)NS(C)(=O)=O. The van der Waals surface area contributed by atoms with Crippen molar-refractivity contribution in [2.45, 2.75) is 33.3 Å². The minimum absolute atomic E-state index is 0.287. The average molecular weight is 237 g/mol. The lowest BCUT2D eigenvalue weighted by Crippen LogP contribution is -2.46. The third-order valence-corrected chi connectivity index (χ3v) is 2.16. The molecule has 0 bridgehead atoms. The molecular weight excluding hydrogens is 218 g/mol. The summed E-state index contributed by atoms with van der Waals surface area (Å²) >= 11 is 0. The van der Waals surface area contributed by atoms with Gasteiger partial charge in [-0.15, -0.1) is 0 Å². The number of carbonyl (C=O) groups is 1. The second kappa shape index (κ2) is 4.94. The molecule has 0 aliphatic carbocycles. The van der Waals surface area contributed by atoms with E-state index in [0.717, 1.165) is 6.26 Å². The lowest BCUT2D eigenvalue weighted by Gasteiger charge is -2.24. The Morgan fingerprint density at radius 1 is 1.40 bits per heavy atom. The number of ether oxygens (including phenoxy) is 1. The van der Waals surface area contributed by atoms with Gasteiger partial charge in [-0.2, -0.15) is 0 Å². The molecule has 0 aromatic rings. The molecule has 0 rings (SSSR count). The normalized spacial score (nSPS) is 12.9.